The van der Waals surface area contributed by atoms with Gasteiger partial charge in [-0.05, 0) is 70.1 Å². The number of amides is 3. The molecule has 2 aromatic rings. The first kappa shape index (κ1) is 31.5. The molecular formula is C33H46N4O5. The number of benzene rings is 2. The summed E-state index contributed by atoms with van der Waals surface area (Å²) in [5.74, 6) is -0.141. The zero-order valence-corrected chi connectivity index (χ0v) is 25.7. The van der Waals surface area contributed by atoms with E-state index < -0.39 is 29.2 Å². The minimum Gasteiger partial charge on any atom is -0.444 e. The molecule has 0 radical (unpaired) electrons. The van der Waals surface area contributed by atoms with Gasteiger partial charge in [0.25, 0.3) is 0 Å². The third kappa shape index (κ3) is 9.03. The van der Waals surface area contributed by atoms with Crippen molar-refractivity contribution in [3.8, 4) is 0 Å². The zero-order chi connectivity index (χ0) is 30.3. The fraction of sp³-hybridized carbons (Fsp3) is 0.545. The molecule has 42 heavy (non-hydrogen) atoms. The van der Waals surface area contributed by atoms with Crippen molar-refractivity contribution in [1.82, 2.24) is 20.4 Å². The average molecular weight is 579 g/mol. The summed E-state index contributed by atoms with van der Waals surface area (Å²) in [7, 11) is 0. The fourth-order valence-corrected chi connectivity index (χ4v) is 5.45. The fourth-order valence-electron chi connectivity index (χ4n) is 5.45. The van der Waals surface area contributed by atoms with Crippen LogP contribution in [0.1, 0.15) is 64.2 Å². The Hall–Kier alpha value is -3.43. The molecule has 1 saturated heterocycles. The first-order valence-electron chi connectivity index (χ1n) is 14.9. The average Bonchev–Trinajstić information content (AvgIpc) is 3.34. The Kier molecular flexibility index (Phi) is 10.3. The summed E-state index contributed by atoms with van der Waals surface area (Å²) in [5.41, 5.74) is 1.78. The van der Waals surface area contributed by atoms with E-state index in [-0.39, 0.29) is 12.5 Å². The summed E-state index contributed by atoms with van der Waals surface area (Å²) in [5, 5.41) is 5.48. The van der Waals surface area contributed by atoms with Crippen LogP contribution in [0, 0.1) is 5.92 Å². The van der Waals surface area contributed by atoms with E-state index in [0.717, 1.165) is 38.0 Å². The molecule has 9 nitrogen and oxygen atoms in total. The van der Waals surface area contributed by atoms with Crippen LogP contribution in [0.4, 0.5) is 4.79 Å². The molecule has 0 unspecified atom stereocenters. The van der Waals surface area contributed by atoms with E-state index in [4.69, 9.17) is 9.47 Å². The van der Waals surface area contributed by atoms with Gasteiger partial charge in [0, 0.05) is 32.7 Å². The van der Waals surface area contributed by atoms with Gasteiger partial charge in [-0.3, -0.25) is 14.5 Å². The number of alkyl carbamates (subject to hydrolysis) is 1. The highest BCUT2D eigenvalue weighted by atomic mass is 16.6. The van der Waals surface area contributed by atoms with Gasteiger partial charge < -0.3 is 25.0 Å². The normalized spacial score (nSPS) is 16.9. The standard InChI is InChI=1S/C33H46N4O5/c1-32(2,3)42-31(40)35-33(4,5)30(39)34-28(23-41-22-25-11-7-6-8-12-25)29(38)37-17-15-24(16-18-37)19-36-20-26-13-9-10-14-27(26)21-36/h6-14,24,28H,15-23H2,1-5H3,(H,34,39)(H,35,40)/t28-/m1/s1. The van der Waals surface area contributed by atoms with Crippen molar-refractivity contribution in [2.75, 3.05) is 26.2 Å². The summed E-state index contributed by atoms with van der Waals surface area (Å²) in [6, 6.07) is 17.4. The molecule has 0 aliphatic carbocycles. The lowest BCUT2D eigenvalue weighted by Crippen LogP contribution is -2.61. The number of ether oxygens (including phenoxy) is 2. The summed E-state index contributed by atoms with van der Waals surface area (Å²) in [4.78, 5) is 43.7. The minimum atomic E-state index is -1.30. The summed E-state index contributed by atoms with van der Waals surface area (Å²) < 4.78 is 11.2. The Balaban J connectivity index is 1.34. The first-order valence-corrected chi connectivity index (χ1v) is 14.9. The number of rotatable bonds is 10. The highest BCUT2D eigenvalue weighted by Crippen LogP contribution is 2.26. The molecule has 2 heterocycles. The molecule has 2 aromatic carbocycles. The number of carbonyl (C=O) groups is 3. The Morgan fingerprint density at radius 2 is 1.50 bits per heavy atom. The molecule has 9 heteroatoms. The van der Waals surface area contributed by atoms with Crippen molar-refractivity contribution >= 4 is 17.9 Å². The van der Waals surface area contributed by atoms with Crippen molar-refractivity contribution in [2.24, 2.45) is 5.92 Å². The van der Waals surface area contributed by atoms with E-state index >= 15 is 0 Å². The van der Waals surface area contributed by atoms with Crippen LogP contribution in [-0.4, -0.2) is 71.1 Å². The van der Waals surface area contributed by atoms with E-state index in [1.54, 1.807) is 34.6 Å². The topological polar surface area (TPSA) is 100 Å². The second-order valence-corrected chi connectivity index (χ2v) is 13.0. The molecule has 228 valence electrons. The lowest BCUT2D eigenvalue weighted by molar-refractivity contribution is -0.141. The van der Waals surface area contributed by atoms with Crippen LogP contribution in [0.3, 0.4) is 0 Å². The maximum absolute atomic E-state index is 13.7. The Bertz CT molecular complexity index is 1190. The second-order valence-electron chi connectivity index (χ2n) is 13.0. The van der Waals surface area contributed by atoms with Gasteiger partial charge in [0.2, 0.25) is 11.8 Å². The lowest BCUT2D eigenvalue weighted by atomic mass is 9.95. The number of nitrogens with zero attached hydrogens (tertiary/aromatic N) is 2. The van der Waals surface area contributed by atoms with Gasteiger partial charge in [0.05, 0.1) is 13.2 Å². The molecular weight excluding hydrogens is 532 g/mol. The predicted molar refractivity (Wildman–Crippen MR) is 161 cm³/mol. The summed E-state index contributed by atoms with van der Waals surface area (Å²) in [6.45, 7) is 13.0. The van der Waals surface area contributed by atoms with Crippen LogP contribution in [0.2, 0.25) is 0 Å². The number of hydrogen-bond donors (Lipinski definition) is 2. The Morgan fingerprint density at radius 3 is 2.10 bits per heavy atom. The molecule has 3 amide bonds. The number of carbonyl (C=O) groups excluding carboxylic acids is 3. The molecule has 0 bridgehead atoms. The van der Waals surface area contributed by atoms with E-state index in [0.29, 0.717) is 25.6 Å². The van der Waals surface area contributed by atoms with Gasteiger partial charge in [-0.25, -0.2) is 4.79 Å². The molecule has 0 spiro atoms. The van der Waals surface area contributed by atoms with Gasteiger partial charge in [0.15, 0.2) is 0 Å². The van der Waals surface area contributed by atoms with E-state index in [2.05, 4.69) is 39.8 Å². The van der Waals surface area contributed by atoms with Crippen molar-refractivity contribution in [3.05, 3.63) is 71.3 Å². The van der Waals surface area contributed by atoms with Gasteiger partial charge in [-0.2, -0.15) is 0 Å². The maximum atomic E-state index is 13.7. The van der Waals surface area contributed by atoms with Gasteiger partial charge in [0.1, 0.15) is 17.2 Å². The van der Waals surface area contributed by atoms with Crippen LogP contribution in [0.25, 0.3) is 0 Å². The van der Waals surface area contributed by atoms with Crippen LogP contribution >= 0.6 is 0 Å². The predicted octanol–water partition coefficient (Wildman–Crippen LogP) is 4.25. The molecule has 0 aromatic heterocycles. The highest BCUT2D eigenvalue weighted by molar-refractivity contribution is 5.93. The number of fused-ring (bicyclic) bond motifs is 1. The molecule has 0 saturated carbocycles. The number of likely N-dealkylation sites (tertiary alicyclic amines) is 1. The Labute approximate surface area is 249 Å². The summed E-state index contributed by atoms with van der Waals surface area (Å²) in [6.07, 6.45) is 1.13. The highest BCUT2D eigenvalue weighted by Gasteiger charge is 2.36. The lowest BCUT2D eigenvalue weighted by Gasteiger charge is -2.36. The summed E-state index contributed by atoms with van der Waals surface area (Å²) >= 11 is 0. The molecule has 4 rings (SSSR count). The van der Waals surface area contributed by atoms with Crippen molar-refractivity contribution in [1.29, 1.82) is 0 Å². The number of nitrogens with one attached hydrogen (secondary N) is 2. The molecule has 2 aliphatic heterocycles. The second kappa shape index (κ2) is 13.7. The van der Waals surface area contributed by atoms with Crippen molar-refractivity contribution < 1.29 is 23.9 Å². The van der Waals surface area contributed by atoms with Crippen LogP contribution in [-0.2, 0) is 38.8 Å². The zero-order valence-electron chi connectivity index (χ0n) is 25.7. The molecule has 2 N–H and O–H groups in total. The van der Waals surface area contributed by atoms with Crippen LogP contribution in [0.15, 0.2) is 54.6 Å². The van der Waals surface area contributed by atoms with Gasteiger partial charge in [-0.15, -0.1) is 0 Å². The number of hydrogen-bond acceptors (Lipinski definition) is 6. The van der Waals surface area contributed by atoms with Crippen molar-refractivity contribution in [2.45, 2.75) is 84.3 Å². The third-order valence-corrected chi connectivity index (χ3v) is 7.73. The largest absolute Gasteiger partial charge is 0.444 e. The van der Waals surface area contributed by atoms with Gasteiger partial charge in [-0.1, -0.05) is 54.6 Å². The molecule has 1 atom stereocenters. The van der Waals surface area contributed by atoms with E-state index in [9.17, 15) is 14.4 Å². The molecule has 2 aliphatic rings. The van der Waals surface area contributed by atoms with Crippen molar-refractivity contribution in [3.63, 3.8) is 0 Å². The minimum absolute atomic E-state index is 0.0218. The van der Waals surface area contributed by atoms with Gasteiger partial charge >= 0.3 is 6.09 Å². The monoisotopic (exact) mass is 578 g/mol. The number of piperidine rings is 1. The van der Waals surface area contributed by atoms with E-state index in [1.165, 1.54) is 11.1 Å². The van der Waals surface area contributed by atoms with E-state index in [1.807, 2.05) is 35.2 Å². The quantitative estimate of drug-likeness (QED) is 0.438. The SMILES string of the molecule is CC(C)(C)OC(=O)NC(C)(C)C(=O)N[C@H](COCc1ccccc1)C(=O)N1CCC(CN2Cc3ccccc3C2)CC1. The molecule has 1 fully saturated rings. The third-order valence-electron chi connectivity index (χ3n) is 7.73. The first-order chi connectivity index (χ1) is 19.9. The maximum Gasteiger partial charge on any atom is 0.408 e. The Morgan fingerprint density at radius 1 is 0.905 bits per heavy atom. The van der Waals surface area contributed by atoms with Crippen LogP contribution < -0.4 is 10.6 Å². The smallest absolute Gasteiger partial charge is 0.408 e. The van der Waals surface area contributed by atoms with Crippen LogP contribution in [0.5, 0.6) is 0 Å².